The van der Waals surface area contributed by atoms with Crippen LogP contribution in [0.5, 0.6) is 0 Å². The van der Waals surface area contributed by atoms with Crippen LogP contribution in [0.4, 0.5) is 5.95 Å². The van der Waals surface area contributed by atoms with Crippen molar-refractivity contribution in [2.24, 2.45) is 18.2 Å². The molecule has 0 atom stereocenters. The molecule has 0 unspecified atom stereocenters. The van der Waals surface area contributed by atoms with Gasteiger partial charge in [0.2, 0.25) is 5.95 Å². The predicted octanol–water partition coefficient (Wildman–Crippen LogP) is -0.393. The number of hydrogen-bond donors (Lipinski definition) is 2. The van der Waals surface area contributed by atoms with Gasteiger partial charge in [-0.05, 0) is 22.4 Å². The molecule has 13 heavy (non-hydrogen) atoms. The van der Waals surface area contributed by atoms with E-state index in [1.165, 1.54) is 0 Å². The van der Waals surface area contributed by atoms with Crippen LogP contribution in [0.25, 0.3) is 0 Å². The molecule has 0 radical (unpaired) electrons. The van der Waals surface area contributed by atoms with Crippen molar-refractivity contribution in [2.45, 2.75) is 13.8 Å². The van der Waals surface area contributed by atoms with E-state index in [4.69, 9.17) is 5.73 Å². The Hall–Kier alpha value is -1.17. The Morgan fingerprint density at radius 1 is 1.54 bits per heavy atom. The fourth-order valence-electron chi connectivity index (χ4n) is 0.770. The zero-order valence-corrected chi connectivity index (χ0v) is 8.28. The van der Waals surface area contributed by atoms with Gasteiger partial charge in [-0.25, -0.2) is 4.68 Å². The van der Waals surface area contributed by atoms with E-state index in [-0.39, 0.29) is 5.41 Å². The highest BCUT2D eigenvalue weighted by Crippen LogP contribution is 2.12. The van der Waals surface area contributed by atoms with Crippen molar-refractivity contribution < 1.29 is 0 Å². The summed E-state index contributed by atoms with van der Waals surface area (Å²) in [6, 6.07) is 0. The highest BCUT2D eigenvalue weighted by molar-refractivity contribution is 5.21. The number of aromatic nitrogens is 4. The minimum atomic E-state index is 0.0615. The Labute approximate surface area is 77.5 Å². The van der Waals surface area contributed by atoms with Crippen molar-refractivity contribution >= 4 is 5.95 Å². The molecule has 74 valence electrons. The second-order valence-electron chi connectivity index (χ2n) is 3.85. The maximum atomic E-state index is 5.59. The molecule has 3 N–H and O–H groups in total. The fourth-order valence-corrected chi connectivity index (χ4v) is 0.770. The highest BCUT2D eigenvalue weighted by Gasteiger charge is 2.16. The van der Waals surface area contributed by atoms with Gasteiger partial charge in [0.15, 0.2) is 0 Å². The molecule has 0 amide bonds. The van der Waals surface area contributed by atoms with Crippen molar-refractivity contribution in [2.75, 3.05) is 18.4 Å². The van der Waals surface area contributed by atoms with Crippen molar-refractivity contribution in [3.05, 3.63) is 0 Å². The molecule has 0 bridgehead atoms. The van der Waals surface area contributed by atoms with Crippen molar-refractivity contribution in [1.29, 1.82) is 0 Å². The van der Waals surface area contributed by atoms with Crippen LogP contribution in [0.3, 0.4) is 0 Å². The van der Waals surface area contributed by atoms with Crippen molar-refractivity contribution in [1.82, 2.24) is 20.2 Å². The third-order valence-electron chi connectivity index (χ3n) is 1.90. The van der Waals surface area contributed by atoms with Gasteiger partial charge in [0.1, 0.15) is 0 Å². The van der Waals surface area contributed by atoms with Crippen LogP contribution in [-0.4, -0.2) is 33.3 Å². The number of aryl methyl sites for hydroxylation is 1. The van der Waals surface area contributed by atoms with Crippen molar-refractivity contribution in [3.63, 3.8) is 0 Å². The zero-order chi connectivity index (χ0) is 9.90. The molecular formula is C7H16N6. The van der Waals surface area contributed by atoms with Crippen LogP contribution < -0.4 is 11.1 Å². The monoisotopic (exact) mass is 184 g/mol. The van der Waals surface area contributed by atoms with Gasteiger partial charge in [-0.3, -0.25) is 0 Å². The molecule has 6 nitrogen and oxygen atoms in total. The normalized spacial score (nSPS) is 11.7. The number of anilines is 1. The third kappa shape index (κ3) is 2.66. The number of nitrogens with two attached hydrogens (primary N) is 1. The first kappa shape index (κ1) is 9.91. The third-order valence-corrected chi connectivity index (χ3v) is 1.90. The lowest BCUT2D eigenvalue weighted by Crippen LogP contribution is -2.31. The number of nitrogens with one attached hydrogen (secondary N) is 1. The minimum absolute atomic E-state index is 0.0615. The van der Waals surface area contributed by atoms with E-state index in [0.29, 0.717) is 12.5 Å². The summed E-state index contributed by atoms with van der Waals surface area (Å²) in [5.74, 6) is 0.668. The van der Waals surface area contributed by atoms with Gasteiger partial charge in [0.25, 0.3) is 0 Å². The molecule has 1 aromatic rings. The van der Waals surface area contributed by atoms with Crippen LogP contribution in [0.1, 0.15) is 13.8 Å². The summed E-state index contributed by atoms with van der Waals surface area (Å²) in [7, 11) is 1.79. The maximum absolute atomic E-state index is 5.59. The van der Waals surface area contributed by atoms with Gasteiger partial charge in [-0.1, -0.05) is 18.9 Å². The average molecular weight is 184 g/mol. The first-order valence-electron chi connectivity index (χ1n) is 4.21. The van der Waals surface area contributed by atoms with Gasteiger partial charge in [0.05, 0.1) is 0 Å². The van der Waals surface area contributed by atoms with Crippen LogP contribution >= 0.6 is 0 Å². The molecule has 1 aromatic heterocycles. The quantitative estimate of drug-likeness (QED) is 0.665. The van der Waals surface area contributed by atoms with Crippen LogP contribution in [0.15, 0.2) is 0 Å². The fraction of sp³-hybridized carbons (Fsp3) is 0.857. The topological polar surface area (TPSA) is 81.7 Å². The molecule has 6 heteroatoms. The van der Waals surface area contributed by atoms with Gasteiger partial charge in [-0.15, -0.1) is 0 Å². The first-order valence-corrected chi connectivity index (χ1v) is 4.21. The molecule has 0 aliphatic rings. The predicted molar refractivity (Wildman–Crippen MR) is 50.1 cm³/mol. The lowest BCUT2D eigenvalue weighted by molar-refractivity contribution is 0.404. The second-order valence-corrected chi connectivity index (χ2v) is 3.85. The summed E-state index contributed by atoms with van der Waals surface area (Å²) in [6.45, 7) is 5.57. The molecule has 0 saturated carbocycles. The summed E-state index contributed by atoms with van der Waals surface area (Å²) in [4.78, 5) is 0. The molecule has 0 aliphatic carbocycles. The number of rotatable bonds is 4. The Morgan fingerprint density at radius 2 is 2.23 bits per heavy atom. The molecule has 0 spiro atoms. The van der Waals surface area contributed by atoms with Crippen LogP contribution in [-0.2, 0) is 7.05 Å². The van der Waals surface area contributed by atoms with E-state index in [1.807, 2.05) is 0 Å². The van der Waals surface area contributed by atoms with E-state index in [2.05, 4.69) is 34.7 Å². The van der Waals surface area contributed by atoms with Gasteiger partial charge in [0, 0.05) is 13.6 Å². The molecule has 0 aromatic carbocycles. The molecule has 1 rings (SSSR count). The zero-order valence-electron chi connectivity index (χ0n) is 8.28. The standard InChI is InChI=1S/C7H16N6/c1-7(2,4-8)5-9-6-10-11-12-13(6)3/h4-5,8H2,1-3H3,(H,9,10,12). The molecule has 0 saturated heterocycles. The highest BCUT2D eigenvalue weighted by atomic mass is 15.6. The molecule has 1 heterocycles. The molecular weight excluding hydrogens is 168 g/mol. The Balaban J connectivity index is 2.48. The summed E-state index contributed by atoms with van der Waals surface area (Å²) < 4.78 is 1.59. The van der Waals surface area contributed by atoms with E-state index in [9.17, 15) is 0 Å². The van der Waals surface area contributed by atoms with E-state index >= 15 is 0 Å². The lowest BCUT2D eigenvalue weighted by atomic mass is 9.94. The second kappa shape index (κ2) is 3.69. The smallest absolute Gasteiger partial charge is 0.242 e. The van der Waals surface area contributed by atoms with E-state index in [1.54, 1.807) is 11.7 Å². The Bertz CT molecular complexity index is 266. The summed E-state index contributed by atoms with van der Waals surface area (Å²) in [6.07, 6.45) is 0. The summed E-state index contributed by atoms with van der Waals surface area (Å²) >= 11 is 0. The molecule has 0 fully saturated rings. The minimum Gasteiger partial charge on any atom is -0.352 e. The Kier molecular flexibility index (Phi) is 2.82. The largest absolute Gasteiger partial charge is 0.352 e. The number of tetrazole rings is 1. The van der Waals surface area contributed by atoms with Crippen LogP contribution in [0.2, 0.25) is 0 Å². The Morgan fingerprint density at radius 3 is 2.69 bits per heavy atom. The average Bonchev–Trinajstić information content (AvgIpc) is 2.48. The van der Waals surface area contributed by atoms with E-state index < -0.39 is 0 Å². The number of nitrogens with zero attached hydrogens (tertiary/aromatic N) is 4. The summed E-state index contributed by atoms with van der Waals surface area (Å²) in [5, 5.41) is 14.2. The van der Waals surface area contributed by atoms with Gasteiger partial charge in [-0.2, -0.15) is 0 Å². The lowest BCUT2D eigenvalue weighted by Gasteiger charge is -2.22. The van der Waals surface area contributed by atoms with Crippen molar-refractivity contribution in [3.8, 4) is 0 Å². The van der Waals surface area contributed by atoms with E-state index in [0.717, 1.165) is 6.54 Å². The van der Waals surface area contributed by atoms with Crippen LogP contribution in [0, 0.1) is 5.41 Å². The SMILES string of the molecule is Cn1nnnc1NCC(C)(C)CN. The van der Waals surface area contributed by atoms with Gasteiger partial charge < -0.3 is 11.1 Å². The first-order chi connectivity index (χ1) is 6.05. The molecule has 0 aliphatic heterocycles. The number of hydrogen-bond acceptors (Lipinski definition) is 5. The van der Waals surface area contributed by atoms with Gasteiger partial charge >= 0.3 is 0 Å². The maximum Gasteiger partial charge on any atom is 0.242 e. The summed E-state index contributed by atoms with van der Waals surface area (Å²) in [5.41, 5.74) is 5.65.